The Morgan fingerprint density at radius 2 is 2.26 bits per heavy atom. The fraction of sp³-hybridized carbons (Fsp3) is 0.385. The van der Waals surface area contributed by atoms with Crippen LogP contribution in [0.25, 0.3) is 5.65 Å². The van der Waals surface area contributed by atoms with Gasteiger partial charge in [0.15, 0.2) is 11.3 Å². The van der Waals surface area contributed by atoms with E-state index >= 15 is 0 Å². The van der Waals surface area contributed by atoms with Gasteiger partial charge in [-0.25, -0.2) is 9.78 Å². The van der Waals surface area contributed by atoms with Crippen molar-refractivity contribution in [3.05, 3.63) is 34.2 Å². The molecular weight excluding hydrogens is 312 g/mol. The molecule has 0 aliphatic rings. The van der Waals surface area contributed by atoms with E-state index in [2.05, 4.69) is 20.9 Å². The molecule has 1 atom stereocenters. The molecule has 0 bridgehead atoms. The molecule has 0 amide bonds. The summed E-state index contributed by atoms with van der Waals surface area (Å²) in [4.78, 5) is 15.9. The number of fused-ring (bicyclic) bond motifs is 1. The Hall–Kier alpha value is -1.40. The Kier molecular flexibility index (Phi) is 4.21. The Balaban J connectivity index is 2.47. The van der Waals surface area contributed by atoms with Crippen LogP contribution in [0.1, 0.15) is 36.0 Å². The van der Waals surface area contributed by atoms with Gasteiger partial charge in [-0.1, -0.05) is 0 Å². The van der Waals surface area contributed by atoms with E-state index in [-0.39, 0.29) is 6.10 Å². The van der Waals surface area contributed by atoms with Crippen molar-refractivity contribution >= 4 is 27.5 Å². The van der Waals surface area contributed by atoms with Crippen molar-refractivity contribution in [2.75, 3.05) is 13.7 Å². The fourth-order valence-corrected chi connectivity index (χ4v) is 2.30. The summed E-state index contributed by atoms with van der Waals surface area (Å²) >= 11 is 3.46. The third kappa shape index (κ3) is 2.79. The monoisotopic (exact) mass is 326 g/mol. The van der Waals surface area contributed by atoms with Crippen molar-refractivity contribution in [3.8, 4) is 0 Å². The number of esters is 1. The van der Waals surface area contributed by atoms with E-state index in [1.54, 1.807) is 24.6 Å². The van der Waals surface area contributed by atoms with Crippen LogP contribution >= 0.6 is 15.9 Å². The smallest absolute Gasteiger partial charge is 0.358 e. The van der Waals surface area contributed by atoms with Gasteiger partial charge in [0, 0.05) is 19.5 Å². The van der Waals surface area contributed by atoms with Gasteiger partial charge in [-0.05, 0) is 41.4 Å². The number of hydrogen-bond donors (Lipinski definition) is 0. The van der Waals surface area contributed by atoms with Crippen LogP contribution in [0.2, 0.25) is 0 Å². The van der Waals surface area contributed by atoms with Crippen LogP contribution < -0.4 is 0 Å². The second-order valence-electron chi connectivity index (χ2n) is 4.08. The fourth-order valence-electron chi connectivity index (χ4n) is 1.74. The molecule has 2 aromatic rings. The molecule has 6 heteroatoms. The lowest BCUT2D eigenvalue weighted by Crippen LogP contribution is -2.04. The second-order valence-corrected chi connectivity index (χ2v) is 4.93. The quantitative estimate of drug-likeness (QED) is 0.810. The van der Waals surface area contributed by atoms with Crippen molar-refractivity contribution in [2.45, 2.75) is 20.0 Å². The molecule has 0 radical (unpaired) electrons. The van der Waals surface area contributed by atoms with Gasteiger partial charge in [-0.15, -0.1) is 0 Å². The Morgan fingerprint density at radius 3 is 2.89 bits per heavy atom. The van der Waals surface area contributed by atoms with Gasteiger partial charge in [-0.3, -0.25) is 0 Å². The molecule has 0 aliphatic carbocycles. The third-order valence-electron chi connectivity index (χ3n) is 2.83. The minimum atomic E-state index is -0.417. The minimum absolute atomic E-state index is 0.0332. The molecule has 0 aliphatic heterocycles. The van der Waals surface area contributed by atoms with E-state index in [9.17, 15) is 4.79 Å². The second kappa shape index (κ2) is 5.71. The summed E-state index contributed by atoms with van der Waals surface area (Å²) in [6.45, 7) is 4.05. The van der Waals surface area contributed by atoms with Gasteiger partial charge in [0.1, 0.15) is 0 Å². The van der Waals surface area contributed by atoms with Crippen molar-refractivity contribution in [2.24, 2.45) is 0 Å². The average molecular weight is 327 g/mol. The zero-order valence-electron chi connectivity index (χ0n) is 11.0. The summed E-state index contributed by atoms with van der Waals surface area (Å²) in [5.41, 5.74) is 1.97. The lowest BCUT2D eigenvalue weighted by molar-refractivity contribution is 0.0520. The number of rotatable bonds is 4. The first-order chi connectivity index (χ1) is 9.06. The van der Waals surface area contributed by atoms with Crippen LogP contribution in [-0.2, 0) is 9.47 Å². The standard InChI is InChI=1S/C13H15BrN2O3/c1-4-19-13(17)11-7-16-6-9(8(2)18-3)5-10(14)12(16)15-11/h5-8H,4H2,1-3H3. The first kappa shape index (κ1) is 14.0. The number of hydrogen-bond acceptors (Lipinski definition) is 4. The number of carbonyl (C=O) groups excluding carboxylic acids is 1. The molecule has 0 aromatic carbocycles. The summed E-state index contributed by atoms with van der Waals surface area (Å²) in [6.07, 6.45) is 3.52. The van der Waals surface area contributed by atoms with E-state index in [4.69, 9.17) is 9.47 Å². The number of ether oxygens (including phenoxy) is 2. The van der Waals surface area contributed by atoms with Gasteiger partial charge in [0.05, 0.1) is 17.2 Å². The molecule has 0 N–H and O–H groups in total. The Labute approximate surface area is 119 Å². The summed E-state index contributed by atoms with van der Waals surface area (Å²) < 4.78 is 12.8. The number of aromatic nitrogens is 2. The summed E-state index contributed by atoms with van der Waals surface area (Å²) in [7, 11) is 1.65. The molecule has 102 valence electrons. The van der Waals surface area contributed by atoms with Gasteiger partial charge < -0.3 is 13.9 Å². The molecule has 2 rings (SSSR count). The van der Waals surface area contributed by atoms with Gasteiger partial charge in [0.25, 0.3) is 0 Å². The number of imidazole rings is 1. The Morgan fingerprint density at radius 1 is 1.53 bits per heavy atom. The first-order valence-corrected chi connectivity index (χ1v) is 6.74. The number of nitrogens with zero attached hydrogens (tertiary/aromatic N) is 2. The lowest BCUT2D eigenvalue weighted by Gasteiger charge is -2.10. The van der Waals surface area contributed by atoms with Crippen LogP contribution in [0.3, 0.4) is 0 Å². The number of methoxy groups -OCH3 is 1. The van der Waals surface area contributed by atoms with Crippen LogP contribution in [0.5, 0.6) is 0 Å². The molecule has 0 spiro atoms. The molecular formula is C13H15BrN2O3. The third-order valence-corrected chi connectivity index (χ3v) is 3.42. The van der Waals surface area contributed by atoms with Crippen LogP contribution in [0.15, 0.2) is 22.9 Å². The molecule has 0 saturated carbocycles. The largest absolute Gasteiger partial charge is 0.461 e. The highest BCUT2D eigenvalue weighted by atomic mass is 79.9. The van der Waals surface area contributed by atoms with Gasteiger partial charge in [0.2, 0.25) is 0 Å². The molecule has 1 unspecified atom stereocenters. The summed E-state index contributed by atoms with van der Waals surface area (Å²) in [5, 5.41) is 0. The lowest BCUT2D eigenvalue weighted by atomic mass is 10.2. The predicted molar refractivity (Wildman–Crippen MR) is 74.3 cm³/mol. The SMILES string of the molecule is CCOC(=O)c1cn2cc(C(C)OC)cc(Br)c2n1. The number of pyridine rings is 1. The average Bonchev–Trinajstić information content (AvgIpc) is 2.82. The maximum absolute atomic E-state index is 11.7. The van der Waals surface area contributed by atoms with Crippen LogP contribution in [-0.4, -0.2) is 29.1 Å². The highest BCUT2D eigenvalue weighted by Crippen LogP contribution is 2.24. The molecule has 19 heavy (non-hydrogen) atoms. The van der Waals surface area contributed by atoms with Crippen molar-refractivity contribution in [1.29, 1.82) is 0 Å². The zero-order valence-corrected chi connectivity index (χ0v) is 12.6. The van der Waals surface area contributed by atoms with Crippen LogP contribution in [0, 0.1) is 0 Å². The molecule has 2 aromatic heterocycles. The van der Waals surface area contributed by atoms with E-state index in [0.717, 1.165) is 10.0 Å². The predicted octanol–water partition coefficient (Wildman–Crippen LogP) is 2.98. The summed E-state index contributed by atoms with van der Waals surface area (Å²) in [6, 6.07) is 1.94. The van der Waals surface area contributed by atoms with Gasteiger partial charge >= 0.3 is 5.97 Å². The van der Waals surface area contributed by atoms with Gasteiger partial charge in [-0.2, -0.15) is 0 Å². The highest BCUT2D eigenvalue weighted by molar-refractivity contribution is 9.10. The first-order valence-electron chi connectivity index (χ1n) is 5.94. The molecule has 5 nitrogen and oxygen atoms in total. The minimum Gasteiger partial charge on any atom is -0.461 e. The van der Waals surface area contributed by atoms with E-state index in [1.165, 1.54) is 0 Å². The molecule has 0 fully saturated rings. The van der Waals surface area contributed by atoms with Crippen LogP contribution in [0.4, 0.5) is 0 Å². The highest BCUT2D eigenvalue weighted by Gasteiger charge is 2.15. The maximum atomic E-state index is 11.7. The summed E-state index contributed by atoms with van der Waals surface area (Å²) in [5.74, 6) is -0.417. The van der Waals surface area contributed by atoms with Crippen molar-refractivity contribution < 1.29 is 14.3 Å². The Bertz CT molecular complexity index is 609. The van der Waals surface area contributed by atoms with E-state index in [1.807, 2.05) is 19.2 Å². The topological polar surface area (TPSA) is 52.8 Å². The molecule has 0 saturated heterocycles. The zero-order chi connectivity index (χ0) is 14.0. The number of halogens is 1. The van der Waals surface area contributed by atoms with E-state index in [0.29, 0.717) is 17.9 Å². The van der Waals surface area contributed by atoms with Crippen molar-refractivity contribution in [1.82, 2.24) is 9.38 Å². The van der Waals surface area contributed by atoms with E-state index < -0.39 is 5.97 Å². The maximum Gasteiger partial charge on any atom is 0.358 e. The molecule has 2 heterocycles. The number of carbonyl (C=O) groups is 1. The van der Waals surface area contributed by atoms with Crippen molar-refractivity contribution in [3.63, 3.8) is 0 Å². The normalized spacial score (nSPS) is 12.6.